The minimum atomic E-state index is -4.39. The molecule has 17 heteroatoms. The third-order valence-corrected chi connectivity index (χ3v) is 12.0. The van der Waals surface area contributed by atoms with Gasteiger partial charge in [-0.3, -0.25) is 4.57 Å². The SMILES string of the molecule is COc1cccc(-c2nnc(N(CC[Si](C)(C)C)S(=O)(=O)C[C@H](OC)c3ccc(F)cc3S(C)(=O)=O)n2-c2c(OC)cccc2OC)n1. The molecule has 0 aliphatic rings. The van der Waals surface area contributed by atoms with Crippen molar-refractivity contribution in [3.63, 3.8) is 0 Å². The van der Waals surface area contributed by atoms with Crippen molar-refractivity contribution in [3.8, 4) is 34.6 Å². The summed E-state index contributed by atoms with van der Waals surface area (Å²) in [5.41, 5.74) is 0.642. The normalized spacial score (nSPS) is 12.9. The maximum atomic E-state index is 14.6. The molecule has 0 unspecified atom stereocenters. The highest BCUT2D eigenvalue weighted by Gasteiger charge is 2.36. The van der Waals surface area contributed by atoms with Crippen molar-refractivity contribution in [1.29, 1.82) is 0 Å². The van der Waals surface area contributed by atoms with Gasteiger partial charge in [0, 0.05) is 39.6 Å². The van der Waals surface area contributed by atoms with Crippen LogP contribution in [0.5, 0.6) is 17.4 Å². The number of aromatic nitrogens is 4. The first-order valence-electron chi connectivity index (χ1n) is 14.8. The number of sulfonamides is 1. The van der Waals surface area contributed by atoms with E-state index in [1.807, 2.05) is 0 Å². The summed E-state index contributed by atoms with van der Waals surface area (Å²) in [7, 11) is -4.55. The summed E-state index contributed by atoms with van der Waals surface area (Å²) in [6, 6.07) is 13.8. The summed E-state index contributed by atoms with van der Waals surface area (Å²) in [5, 5.41) is 8.83. The summed E-state index contributed by atoms with van der Waals surface area (Å²) in [5.74, 6) is -0.448. The van der Waals surface area contributed by atoms with Crippen LogP contribution in [0.15, 0.2) is 59.5 Å². The van der Waals surface area contributed by atoms with Crippen molar-refractivity contribution in [1.82, 2.24) is 19.7 Å². The highest BCUT2D eigenvalue weighted by molar-refractivity contribution is 7.92. The molecule has 13 nitrogen and oxygen atoms in total. The predicted octanol–water partition coefficient (Wildman–Crippen LogP) is 4.76. The molecule has 2 aromatic heterocycles. The van der Waals surface area contributed by atoms with Gasteiger partial charge in [-0.25, -0.2) is 30.5 Å². The first-order chi connectivity index (χ1) is 22.5. The fourth-order valence-electron chi connectivity index (χ4n) is 4.98. The Bertz CT molecular complexity index is 1960. The van der Waals surface area contributed by atoms with Gasteiger partial charge in [0.05, 0.1) is 38.1 Å². The van der Waals surface area contributed by atoms with Crippen LogP contribution in [0.25, 0.3) is 17.2 Å². The van der Waals surface area contributed by atoms with E-state index < -0.39 is 45.6 Å². The van der Waals surface area contributed by atoms with Gasteiger partial charge in [0.25, 0.3) is 0 Å². The average molecular weight is 722 g/mol. The van der Waals surface area contributed by atoms with Crippen molar-refractivity contribution in [2.45, 2.75) is 36.7 Å². The van der Waals surface area contributed by atoms with Crippen LogP contribution < -0.4 is 18.5 Å². The Balaban J connectivity index is 2.00. The molecule has 0 N–H and O–H groups in total. The van der Waals surface area contributed by atoms with E-state index in [0.29, 0.717) is 34.8 Å². The smallest absolute Gasteiger partial charge is 0.246 e. The second-order valence-electron chi connectivity index (χ2n) is 12.1. The van der Waals surface area contributed by atoms with Crippen LogP contribution in [0.4, 0.5) is 10.3 Å². The molecule has 0 saturated carbocycles. The Labute approximate surface area is 281 Å². The molecule has 0 aliphatic heterocycles. The zero-order chi connectivity index (χ0) is 35.4. The van der Waals surface area contributed by atoms with E-state index in [9.17, 15) is 21.2 Å². The molecule has 48 heavy (non-hydrogen) atoms. The molecule has 0 amide bonds. The van der Waals surface area contributed by atoms with Gasteiger partial charge in [-0.1, -0.05) is 37.8 Å². The highest BCUT2D eigenvalue weighted by Crippen LogP contribution is 2.39. The number of anilines is 1. The lowest BCUT2D eigenvalue weighted by molar-refractivity contribution is 0.119. The first-order valence-corrected chi connectivity index (χ1v) is 22.0. The van der Waals surface area contributed by atoms with Crippen LogP contribution in [0.3, 0.4) is 0 Å². The predicted molar refractivity (Wildman–Crippen MR) is 183 cm³/mol. The number of rotatable bonds is 15. The van der Waals surface area contributed by atoms with Gasteiger partial charge in [-0.2, -0.15) is 0 Å². The Hall–Kier alpha value is -4.06. The number of methoxy groups -OCH3 is 4. The van der Waals surface area contributed by atoms with Crippen LogP contribution in [-0.4, -0.2) is 91.7 Å². The van der Waals surface area contributed by atoms with E-state index in [2.05, 4.69) is 34.8 Å². The standard InChI is InChI=1S/C31H40FN5O8S2Si/c1-42-24-12-10-13-25(43-2)29(24)37-30(23-11-9-14-28(33-23)45-4)34-35-31(37)36(17-18-48(6,7)8)47(40,41)20-26(44-3)22-16-15-21(32)19-27(22)46(5,38)39/h9-16,19,26H,17-18,20H2,1-8H3/t26-/m0/s1. The summed E-state index contributed by atoms with van der Waals surface area (Å²) in [4.78, 5) is 4.16. The lowest BCUT2D eigenvalue weighted by Gasteiger charge is -2.29. The van der Waals surface area contributed by atoms with E-state index >= 15 is 0 Å². The number of ether oxygens (including phenoxy) is 4. The third kappa shape index (κ3) is 8.14. The van der Waals surface area contributed by atoms with Crippen LogP contribution in [0.1, 0.15) is 11.7 Å². The minimum absolute atomic E-state index is 0.00394. The molecule has 0 saturated heterocycles. The maximum absolute atomic E-state index is 14.6. The molecule has 2 aromatic carbocycles. The van der Waals surface area contributed by atoms with Crippen molar-refractivity contribution in [2.24, 2.45) is 0 Å². The van der Waals surface area contributed by atoms with E-state index in [1.165, 1.54) is 39.1 Å². The summed E-state index contributed by atoms with van der Waals surface area (Å²) >= 11 is 0. The van der Waals surface area contributed by atoms with Gasteiger partial charge < -0.3 is 18.9 Å². The van der Waals surface area contributed by atoms with Crippen LogP contribution >= 0.6 is 0 Å². The Kier molecular flexibility index (Phi) is 11.2. The number of benzene rings is 2. The number of hydrogen-bond donors (Lipinski definition) is 0. The molecule has 2 heterocycles. The molecular formula is C31H40FN5O8S2Si. The summed E-state index contributed by atoms with van der Waals surface area (Å²) < 4.78 is 93.6. The number of pyridine rings is 1. The van der Waals surface area contributed by atoms with Crippen molar-refractivity contribution in [3.05, 3.63) is 66.0 Å². The molecule has 4 rings (SSSR count). The van der Waals surface area contributed by atoms with E-state index in [-0.39, 0.29) is 28.8 Å². The Morgan fingerprint density at radius 2 is 1.54 bits per heavy atom. The zero-order valence-electron chi connectivity index (χ0n) is 28.1. The van der Waals surface area contributed by atoms with Crippen LogP contribution in [0.2, 0.25) is 25.7 Å². The van der Waals surface area contributed by atoms with Gasteiger partial charge >= 0.3 is 0 Å². The Morgan fingerprint density at radius 1 is 0.896 bits per heavy atom. The Morgan fingerprint density at radius 3 is 2.10 bits per heavy atom. The molecule has 0 bridgehead atoms. The molecule has 0 fully saturated rings. The van der Waals surface area contributed by atoms with Crippen molar-refractivity contribution < 1.29 is 40.2 Å². The largest absolute Gasteiger partial charge is 0.494 e. The second-order valence-corrected chi connectivity index (χ2v) is 21.6. The summed E-state index contributed by atoms with van der Waals surface area (Å²) in [6.07, 6.45) is -0.365. The van der Waals surface area contributed by atoms with Gasteiger partial charge in [-0.15, -0.1) is 10.2 Å². The van der Waals surface area contributed by atoms with Gasteiger partial charge in [0.2, 0.25) is 21.9 Å². The highest BCUT2D eigenvalue weighted by atomic mass is 32.2. The van der Waals surface area contributed by atoms with Crippen LogP contribution in [-0.2, 0) is 24.6 Å². The topological polar surface area (TPSA) is 152 Å². The summed E-state index contributed by atoms with van der Waals surface area (Å²) in [6.45, 7) is 6.32. The number of halogens is 1. The van der Waals surface area contributed by atoms with Gasteiger partial charge in [0.1, 0.15) is 28.7 Å². The maximum Gasteiger partial charge on any atom is 0.246 e. The van der Waals surface area contributed by atoms with E-state index in [4.69, 9.17) is 18.9 Å². The molecule has 0 aliphatic carbocycles. The third-order valence-electron chi connectivity index (χ3n) is 7.43. The van der Waals surface area contributed by atoms with Gasteiger partial charge in [0.15, 0.2) is 15.7 Å². The second kappa shape index (κ2) is 14.6. The van der Waals surface area contributed by atoms with Gasteiger partial charge in [-0.05, 0) is 36.4 Å². The lowest BCUT2D eigenvalue weighted by atomic mass is 10.1. The monoisotopic (exact) mass is 721 g/mol. The van der Waals surface area contributed by atoms with Crippen molar-refractivity contribution >= 4 is 33.9 Å². The fraction of sp³-hybridized carbons (Fsp3) is 0.387. The molecule has 0 radical (unpaired) electrons. The quantitative estimate of drug-likeness (QED) is 0.156. The fourth-order valence-corrected chi connectivity index (χ4v) is 8.60. The number of sulfone groups is 1. The van der Waals surface area contributed by atoms with E-state index in [1.54, 1.807) is 36.4 Å². The average Bonchev–Trinajstić information content (AvgIpc) is 3.46. The number of hydrogen-bond acceptors (Lipinski definition) is 11. The van der Waals surface area contributed by atoms with Crippen LogP contribution in [0, 0.1) is 5.82 Å². The van der Waals surface area contributed by atoms with E-state index in [0.717, 1.165) is 22.7 Å². The van der Waals surface area contributed by atoms with Crippen molar-refractivity contribution in [2.75, 3.05) is 51.3 Å². The molecule has 260 valence electrons. The lowest BCUT2D eigenvalue weighted by Crippen LogP contribution is -2.40. The molecule has 4 aromatic rings. The molecule has 1 atom stereocenters. The molecule has 0 spiro atoms. The minimum Gasteiger partial charge on any atom is -0.494 e. The zero-order valence-corrected chi connectivity index (χ0v) is 30.7. The molecular weight excluding hydrogens is 682 g/mol. The first kappa shape index (κ1) is 36.8. The number of para-hydroxylation sites is 1. The number of nitrogens with zero attached hydrogens (tertiary/aromatic N) is 5.